The lowest BCUT2D eigenvalue weighted by Crippen LogP contribution is -2.54. The van der Waals surface area contributed by atoms with Crippen LogP contribution in [0.2, 0.25) is 0 Å². The zero-order valence-corrected chi connectivity index (χ0v) is 14.2. The van der Waals surface area contributed by atoms with Crippen molar-refractivity contribution in [1.82, 2.24) is 10.3 Å². The summed E-state index contributed by atoms with van der Waals surface area (Å²) in [4.78, 5) is 16.0. The molecule has 0 aromatic carbocycles. The number of aromatic nitrogens is 1. The summed E-state index contributed by atoms with van der Waals surface area (Å²) in [7, 11) is 0. The molecule has 1 aromatic rings. The van der Waals surface area contributed by atoms with Crippen LogP contribution in [0.3, 0.4) is 0 Å². The summed E-state index contributed by atoms with van der Waals surface area (Å²) in [6.07, 6.45) is 2.11. The minimum absolute atomic E-state index is 0.167. The summed E-state index contributed by atoms with van der Waals surface area (Å²) in [5, 5.41) is 14.8. The van der Waals surface area contributed by atoms with Crippen LogP contribution in [0, 0.1) is 6.92 Å². The second-order valence-corrected chi connectivity index (χ2v) is 7.45. The molecule has 0 bridgehead atoms. The predicted molar refractivity (Wildman–Crippen MR) is 85.7 cm³/mol. The van der Waals surface area contributed by atoms with Crippen LogP contribution >= 0.6 is 23.1 Å². The molecule has 1 aromatic heterocycles. The molecular weight excluding hydrogens is 292 g/mol. The number of carboxylic acids is 1. The highest BCUT2D eigenvalue weighted by atomic mass is 32.2. The molecule has 1 atom stereocenters. The van der Waals surface area contributed by atoms with E-state index in [2.05, 4.69) is 10.3 Å². The molecule has 20 heavy (non-hydrogen) atoms. The van der Waals surface area contributed by atoms with Gasteiger partial charge >= 0.3 is 5.97 Å². The maximum Gasteiger partial charge on any atom is 0.323 e. The van der Waals surface area contributed by atoms with Crippen molar-refractivity contribution in [2.24, 2.45) is 0 Å². The quantitative estimate of drug-likeness (QED) is 0.539. The van der Waals surface area contributed by atoms with Gasteiger partial charge in [-0.1, -0.05) is 18.7 Å². The average molecular weight is 316 g/mol. The normalized spacial score (nSPS) is 14.4. The topological polar surface area (TPSA) is 62.2 Å². The molecular formula is C14H24N2O2S2. The van der Waals surface area contributed by atoms with Gasteiger partial charge in [-0.25, -0.2) is 4.98 Å². The monoisotopic (exact) mass is 316 g/mol. The van der Waals surface area contributed by atoms with E-state index in [1.54, 1.807) is 23.1 Å². The van der Waals surface area contributed by atoms with Gasteiger partial charge in [0.05, 0.1) is 0 Å². The van der Waals surface area contributed by atoms with Gasteiger partial charge in [0.15, 0.2) is 0 Å². The van der Waals surface area contributed by atoms with Crippen molar-refractivity contribution >= 4 is 29.1 Å². The zero-order chi connectivity index (χ0) is 15.2. The number of hydrogen-bond donors (Lipinski definition) is 2. The van der Waals surface area contributed by atoms with E-state index in [9.17, 15) is 9.90 Å². The van der Waals surface area contributed by atoms with Crippen LogP contribution in [-0.2, 0) is 4.79 Å². The van der Waals surface area contributed by atoms with Crippen molar-refractivity contribution in [3.8, 4) is 0 Å². The van der Waals surface area contributed by atoms with Gasteiger partial charge in [-0.05, 0) is 40.0 Å². The van der Waals surface area contributed by atoms with Crippen LogP contribution in [0.25, 0.3) is 0 Å². The van der Waals surface area contributed by atoms with Gasteiger partial charge in [0.2, 0.25) is 0 Å². The molecule has 0 amide bonds. The molecule has 1 rings (SSSR count). The molecule has 1 unspecified atom stereocenters. The fourth-order valence-corrected chi connectivity index (χ4v) is 4.01. The van der Waals surface area contributed by atoms with Crippen molar-refractivity contribution in [3.05, 3.63) is 11.1 Å². The number of rotatable bonds is 9. The molecule has 2 N–H and O–H groups in total. The van der Waals surface area contributed by atoms with E-state index in [-0.39, 0.29) is 6.04 Å². The number of thiazole rings is 1. The molecule has 6 heteroatoms. The Bertz CT molecular complexity index is 435. The third kappa shape index (κ3) is 5.07. The summed E-state index contributed by atoms with van der Waals surface area (Å²) in [5.41, 5.74) is 0.250. The first kappa shape index (κ1) is 17.5. The summed E-state index contributed by atoms with van der Waals surface area (Å²) in [6.45, 7) is 7.89. The van der Waals surface area contributed by atoms with Crippen molar-refractivity contribution in [2.75, 3.05) is 5.75 Å². The van der Waals surface area contributed by atoms with E-state index in [4.69, 9.17) is 0 Å². The summed E-state index contributed by atoms with van der Waals surface area (Å²) < 4.78 is 1.07. The molecule has 0 fully saturated rings. The number of thioether (sulfide) groups is 1. The van der Waals surface area contributed by atoms with Crippen molar-refractivity contribution in [2.45, 2.75) is 62.9 Å². The molecule has 1 heterocycles. The lowest BCUT2D eigenvalue weighted by atomic mass is 9.90. The fourth-order valence-electron chi connectivity index (χ4n) is 2.16. The van der Waals surface area contributed by atoms with E-state index in [1.165, 1.54) is 0 Å². The number of hydrogen-bond acceptors (Lipinski definition) is 5. The third-order valence-electron chi connectivity index (χ3n) is 3.15. The van der Waals surface area contributed by atoms with Crippen LogP contribution in [0.15, 0.2) is 9.72 Å². The van der Waals surface area contributed by atoms with Gasteiger partial charge in [0.25, 0.3) is 0 Å². The molecule has 0 aliphatic carbocycles. The van der Waals surface area contributed by atoms with Crippen LogP contribution in [0.1, 0.15) is 45.7 Å². The Morgan fingerprint density at radius 3 is 2.75 bits per heavy atom. The Hall–Kier alpha value is -0.590. The molecule has 114 valence electrons. The largest absolute Gasteiger partial charge is 0.480 e. The Morgan fingerprint density at radius 1 is 1.60 bits per heavy atom. The highest BCUT2D eigenvalue weighted by molar-refractivity contribution is 8.00. The first-order chi connectivity index (χ1) is 9.39. The highest BCUT2D eigenvalue weighted by Gasteiger charge is 2.36. The molecule has 0 radical (unpaired) electrons. The third-order valence-corrected chi connectivity index (χ3v) is 5.37. The number of nitrogens with zero attached hydrogens (tertiary/aromatic N) is 1. The Kier molecular flexibility index (Phi) is 6.99. The molecule has 0 saturated heterocycles. The first-order valence-corrected chi connectivity index (χ1v) is 8.82. The van der Waals surface area contributed by atoms with E-state index in [0.29, 0.717) is 12.8 Å². The first-order valence-electron chi connectivity index (χ1n) is 6.95. The van der Waals surface area contributed by atoms with Crippen molar-refractivity contribution in [1.29, 1.82) is 0 Å². The molecule has 0 aliphatic heterocycles. The second kappa shape index (κ2) is 8.00. The van der Waals surface area contributed by atoms with Gasteiger partial charge in [-0.2, -0.15) is 0 Å². The van der Waals surface area contributed by atoms with Gasteiger partial charge in [0.1, 0.15) is 9.88 Å². The van der Waals surface area contributed by atoms with Crippen molar-refractivity contribution in [3.63, 3.8) is 0 Å². The number of carboxylic acid groups (broad SMARTS) is 1. The molecule has 0 saturated carbocycles. The Balaban J connectivity index is 2.48. The maximum atomic E-state index is 11.6. The van der Waals surface area contributed by atoms with E-state index < -0.39 is 11.5 Å². The highest BCUT2D eigenvalue weighted by Crippen LogP contribution is 2.26. The summed E-state index contributed by atoms with van der Waals surface area (Å²) in [5.74, 6) is 0.158. The van der Waals surface area contributed by atoms with Crippen LogP contribution in [-0.4, -0.2) is 33.4 Å². The maximum absolute atomic E-state index is 11.6. The standard InChI is InChI=1S/C14H24N2O2S2/c1-5-14(12(17)18,16-10(2)3)7-6-8-19-13-15-11(4)9-20-13/h9-10,16H,5-8H2,1-4H3,(H,17,18). The molecule has 4 nitrogen and oxygen atoms in total. The Labute approximate surface area is 129 Å². The van der Waals surface area contributed by atoms with Gasteiger partial charge in [-0.3, -0.25) is 10.1 Å². The Morgan fingerprint density at radius 2 is 2.30 bits per heavy atom. The summed E-state index contributed by atoms with van der Waals surface area (Å²) in [6, 6.07) is 0.167. The lowest BCUT2D eigenvalue weighted by Gasteiger charge is -2.31. The second-order valence-electron chi connectivity index (χ2n) is 5.25. The number of nitrogens with one attached hydrogen (secondary N) is 1. The minimum atomic E-state index is -0.798. The number of aryl methyl sites for hydroxylation is 1. The van der Waals surface area contributed by atoms with E-state index in [0.717, 1.165) is 22.2 Å². The zero-order valence-electron chi connectivity index (χ0n) is 12.6. The number of aliphatic carboxylic acids is 1. The van der Waals surface area contributed by atoms with Gasteiger partial charge in [-0.15, -0.1) is 11.3 Å². The smallest absolute Gasteiger partial charge is 0.323 e. The molecule has 0 spiro atoms. The van der Waals surface area contributed by atoms with Crippen molar-refractivity contribution < 1.29 is 9.90 Å². The SMILES string of the molecule is CCC(CCCSc1nc(C)cs1)(NC(C)C)C(=O)O. The fraction of sp³-hybridized carbons (Fsp3) is 0.714. The van der Waals surface area contributed by atoms with Crippen LogP contribution in [0.4, 0.5) is 0 Å². The average Bonchev–Trinajstić information content (AvgIpc) is 2.78. The number of carbonyl (C=O) groups is 1. The van der Waals surface area contributed by atoms with Crippen LogP contribution in [0.5, 0.6) is 0 Å². The van der Waals surface area contributed by atoms with E-state index in [1.807, 2.05) is 33.1 Å². The van der Waals surface area contributed by atoms with E-state index >= 15 is 0 Å². The van der Waals surface area contributed by atoms with Gasteiger partial charge < -0.3 is 5.11 Å². The predicted octanol–water partition coefficient (Wildman–Crippen LogP) is 3.56. The lowest BCUT2D eigenvalue weighted by molar-refractivity contribution is -0.145. The molecule has 0 aliphatic rings. The van der Waals surface area contributed by atoms with Gasteiger partial charge in [0, 0.05) is 22.9 Å². The summed E-state index contributed by atoms with van der Waals surface area (Å²) >= 11 is 3.36. The minimum Gasteiger partial charge on any atom is -0.480 e. The van der Waals surface area contributed by atoms with Crippen LogP contribution < -0.4 is 5.32 Å².